The number of carbonyl (C=O) groups is 3. The smallest absolute Gasteiger partial charge is 0.260 e. The van der Waals surface area contributed by atoms with Gasteiger partial charge in [0.2, 0.25) is 5.91 Å². The lowest BCUT2D eigenvalue weighted by Gasteiger charge is -2.19. The van der Waals surface area contributed by atoms with E-state index in [1.807, 2.05) is 38.6 Å². The predicted octanol–water partition coefficient (Wildman–Crippen LogP) is 6.46. The van der Waals surface area contributed by atoms with Gasteiger partial charge in [0.05, 0.1) is 62.0 Å². The third-order valence-corrected chi connectivity index (χ3v) is 11.5. The van der Waals surface area contributed by atoms with Crippen molar-refractivity contribution in [2.75, 3.05) is 34.0 Å². The molecule has 0 bridgehead atoms. The van der Waals surface area contributed by atoms with E-state index in [2.05, 4.69) is 15.3 Å². The number of amides is 3. The van der Waals surface area contributed by atoms with Crippen molar-refractivity contribution in [1.29, 1.82) is 0 Å². The van der Waals surface area contributed by atoms with Gasteiger partial charge in [-0.1, -0.05) is 11.1 Å². The van der Waals surface area contributed by atoms with E-state index < -0.39 is 8.32 Å². The molecule has 2 atom stereocenters. The molecule has 4 aliphatic rings. The molecular formula is C40H51N5O8Si. The number of carbonyl (C=O) groups excluding carboxylic acids is 3. The number of nitrogens with zero attached hydrogens (tertiary/aromatic N) is 4. The summed E-state index contributed by atoms with van der Waals surface area (Å²) >= 11 is 0. The zero-order valence-electron chi connectivity index (χ0n) is 31.9. The van der Waals surface area contributed by atoms with E-state index in [9.17, 15) is 19.2 Å². The third kappa shape index (κ3) is 9.21. The topological polar surface area (TPSA) is 152 Å². The van der Waals surface area contributed by atoms with Crippen LogP contribution in [-0.2, 0) is 4.79 Å². The van der Waals surface area contributed by atoms with Gasteiger partial charge < -0.3 is 38.9 Å². The van der Waals surface area contributed by atoms with Crippen LogP contribution in [-0.4, -0.2) is 99.1 Å². The number of methoxy groups -OCH3 is 2. The van der Waals surface area contributed by atoms with E-state index in [-0.39, 0.29) is 29.8 Å². The highest BCUT2D eigenvalue weighted by molar-refractivity contribution is 6.69. The number of ether oxygens (including phenoxy) is 4. The third-order valence-electron chi connectivity index (χ3n) is 9.93. The van der Waals surface area contributed by atoms with Crippen LogP contribution in [0.4, 0.5) is 11.4 Å². The predicted molar refractivity (Wildman–Crippen MR) is 209 cm³/mol. The van der Waals surface area contributed by atoms with Crippen LogP contribution in [0.2, 0.25) is 19.1 Å². The number of unbranched alkanes of at least 4 members (excludes halogenated alkanes) is 2. The van der Waals surface area contributed by atoms with Crippen LogP contribution in [0.5, 0.6) is 23.0 Å². The van der Waals surface area contributed by atoms with E-state index >= 15 is 0 Å². The van der Waals surface area contributed by atoms with Crippen LogP contribution in [0.3, 0.4) is 0 Å². The fourth-order valence-electron chi connectivity index (χ4n) is 7.03. The number of benzene rings is 2. The van der Waals surface area contributed by atoms with Crippen molar-refractivity contribution >= 4 is 49.8 Å². The molecule has 14 heteroatoms. The Morgan fingerprint density at radius 2 is 1.37 bits per heavy atom. The molecule has 288 valence electrons. The Morgan fingerprint density at radius 1 is 0.815 bits per heavy atom. The van der Waals surface area contributed by atoms with Gasteiger partial charge in [-0.25, -0.2) is 0 Å². The maximum absolute atomic E-state index is 13.7. The highest BCUT2D eigenvalue weighted by Gasteiger charge is 2.34. The van der Waals surface area contributed by atoms with Gasteiger partial charge in [0.15, 0.2) is 31.3 Å². The lowest BCUT2D eigenvalue weighted by Crippen LogP contribution is -2.32. The van der Waals surface area contributed by atoms with Crippen molar-refractivity contribution < 1.29 is 38.1 Å². The molecule has 3 amide bonds. The molecule has 0 radical (unpaired) electrons. The molecule has 6 rings (SSSR count). The van der Waals surface area contributed by atoms with Crippen molar-refractivity contribution in [3.63, 3.8) is 0 Å². The van der Waals surface area contributed by atoms with E-state index in [1.54, 1.807) is 54.5 Å². The summed E-state index contributed by atoms with van der Waals surface area (Å²) in [6, 6.07) is 7.37. The monoisotopic (exact) mass is 757 g/mol. The Balaban J connectivity index is 0.969. The Bertz CT molecular complexity index is 1880. The number of fused-ring (bicyclic) bond motifs is 4. The Kier molecular flexibility index (Phi) is 12.2. The molecule has 4 aliphatic heterocycles. The summed E-state index contributed by atoms with van der Waals surface area (Å²) in [6.45, 7) is 7.25. The van der Waals surface area contributed by atoms with Crippen LogP contribution >= 0.6 is 0 Å². The lowest BCUT2D eigenvalue weighted by atomic mass is 10.1. The molecule has 0 fully saturated rings. The fraction of sp³-hybridized carbons (Fsp3) is 0.475. The summed E-state index contributed by atoms with van der Waals surface area (Å²) in [6.07, 6.45) is 12.8. The molecule has 2 N–H and O–H groups in total. The minimum absolute atomic E-state index is 0.0312. The molecule has 13 nitrogen and oxygen atoms in total. The first-order chi connectivity index (χ1) is 25.9. The number of hydrogen-bond donors (Lipinski definition) is 2. The molecule has 4 heterocycles. The van der Waals surface area contributed by atoms with E-state index in [0.29, 0.717) is 84.5 Å². The van der Waals surface area contributed by atoms with Crippen molar-refractivity contribution in [3.05, 3.63) is 58.9 Å². The number of hydrogen-bond acceptors (Lipinski definition) is 10. The van der Waals surface area contributed by atoms with E-state index in [4.69, 9.17) is 18.9 Å². The second kappa shape index (κ2) is 17.0. The van der Waals surface area contributed by atoms with E-state index in [0.717, 1.165) is 49.3 Å². The highest BCUT2D eigenvalue weighted by atomic mass is 28.4. The Morgan fingerprint density at radius 3 is 1.93 bits per heavy atom. The van der Waals surface area contributed by atoms with Crippen LogP contribution in [0, 0.1) is 0 Å². The molecule has 0 saturated carbocycles. The Labute approximate surface area is 317 Å². The van der Waals surface area contributed by atoms with Gasteiger partial charge >= 0.3 is 0 Å². The van der Waals surface area contributed by atoms with Gasteiger partial charge in [0, 0.05) is 49.9 Å². The summed E-state index contributed by atoms with van der Waals surface area (Å²) in [4.78, 5) is 61.9. The normalized spacial score (nSPS) is 18.6. The second-order valence-corrected chi connectivity index (χ2v) is 19.0. The number of rotatable bonds is 17. The van der Waals surface area contributed by atoms with Crippen molar-refractivity contribution in [2.24, 2.45) is 9.98 Å². The molecule has 0 saturated heterocycles. The van der Waals surface area contributed by atoms with Gasteiger partial charge in [-0.3, -0.25) is 24.4 Å². The minimum atomic E-state index is -2.11. The molecule has 0 aromatic heterocycles. The summed E-state index contributed by atoms with van der Waals surface area (Å²) in [7, 11) is 0.998. The molecule has 2 aromatic rings. The van der Waals surface area contributed by atoms with E-state index in [1.165, 1.54) is 0 Å². The quantitative estimate of drug-likeness (QED) is 0.138. The van der Waals surface area contributed by atoms with Crippen LogP contribution < -0.4 is 24.3 Å². The SMILES string of the molecule is COc1cc2c(cc1OCCCCCOc1cc3c(cc1OC)C(=O)N1C=C(CCC(=O)NCCC[Si](C)(C)O)C[C@H]1C=N3)N=C[C@@H]1CC(C)=CN1C2=O. The highest BCUT2D eigenvalue weighted by Crippen LogP contribution is 2.40. The molecule has 0 aliphatic carbocycles. The van der Waals surface area contributed by atoms with Gasteiger partial charge in [0.25, 0.3) is 11.8 Å². The average molecular weight is 758 g/mol. The largest absolute Gasteiger partial charge is 0.493 e. The first-order valence-electron chi connectivity index (χ1n) is 18.7. The zero-order chi connectivity index (χ0) is 38.4. The van der Waals surface area contributed by atoms with Crippen molar-refractivity contribution in [2.45, 2.75) is 89.5 Å². The zero-order valence-corrected chi connectivity index (χ0v) is 32.9. The maximum atomic E-state index is 13.7. The van der Waals surface area contributed by atoms with Gasteiger partial charge in [0.1, 0.15) is 0 Å². The first kappa shape index (κ1) is 38.8. The second-order valence-electron chi connectivity index (χ2n) is 14.9. The molecule has 54 heavy (non-hydrogen) atoms. The maximum Gasteiger partial charge on any atom is 0.260 e. The standard InChI is InChI=1S/C40H51N5O8Si/c1-26-16-28-22-42-32-20-36(34(50-2)18-30(32)39(47)44(28)24-26)52-13-7-6-8-14-53-37-21-33-31(19-35(37)51-3)40(48)45-25-27(17-29(45)23-43-33)10-11-38(46)41-12-9-15-54(4,5)49/h18-25,28-29,49H,6-17H2,1-5H3,(H,41,46)/t28-,29-/m0/s1. The number of nitrogens with one attached hydrogen (secondary N) is 1. The van der Waals surface area contributed by atoms with Crippen LogP contribution in [0.15, 0.2) is 57.8 Å². The lowest BCUT2D eigenvalue weighted by molar-refractivity contribution is -0.121. The molecular weight excluding hydrogens is 707 g/mol. The molecule has 2 aromatic carbocycles. The molecule has 0 unspecified atom stereocenters. The van der Waals surface area contributed by atoms with Crippen LogP contribution in [0.25, 0.3) is 0 Å². The summed E-state index contributed by atoms with van der Waals surface area (Å²) in [5, 5.41) is 2.93. The average Bonchev–Trinajstić information content (AvgIpc) is 3.68. The molecule has 0 spiro atoms. The van der Waals surface area contributed by atoms with Gasteiger partial charge in [-0.2, -0.15) is 0 Å². The Hall–Kier alpha value is -4.95. The fourth-order valence-corrected chi connectivity index (χ4v) is 8.07. The van der Waals surface area contributed by atoms with Gasteiger partial charge in [-0.05, 0) is 83.1 Å². The van der Waals surface area contributed by atoms with Crippen LogP contribution in [0.1, 0.15) is 79.0 Å². The van der Waals surface area contributed by atoms with Crippen molar-refractivity contribution in [3.8, 4) is 23.0 Å². The first-order valence-corrected chi connectivity index (χ1v) is 21.9. The van der Waals surface area contributed by atoms with Gasteiger partial charge in [-0.15, -0.1) is 0 Å². The minimum Gasteiger partial charge on any atom is -0.493 e. The summed E-state index contributed by atoms with van der Waals surface area (Å²) in [5.41, 5.74) is 4.17. The summed E-state index contributed by atoms with van der Waals surface area (Å²) in [5.74, 6) is 1.70. The summed E-state index contributed by atoms with van der Waals surface area (Å²) < 4.78 is 23.4. The van der Waals surface area contributed by atoms with Crippen molar-refractivity contribution in [1.82, 2.24) is 15.1 Å². The number of aliphatic imine (C=N–C) groups is 2.